The minimum Gasteiger partial charge on any atom is -0.337 e. The van der Waals surface area contributed by atoms with Crippen molar-refractivity contribution in [1.29, 1.82) is 0 Å². The molecule has 35 heavy (non-hydrogen) atoms. The number of halogens is 1. The maximum atomic E-state index is 14.5. The van der Waals surface area contributed by atoms with Crippen LogP contribution in [0.25, 0.3) is 39.3 Å². The number of nitrogens with zero attached hydrogens (tertiary/aromatic N) is 2. The van der Waals surface area contributed by atoms with Crippen LogP contribution in [0.4, 0.5) is 4.39 Å². The van der Waals surface area contributed by atoms with Crippen LogP contribution in [0.3, 0.4) is 0 Å². The Kier molecular flexibility index (Phi) is 5.11. The number of aromatic nitrogens is 2. The van der Waals surface area contributed by atoms with Gasteiger partial charge in [0.25, 0.3) is 0 Å². The van der Waals surface area contributed by atoms with Crippen LogP contribution in [0.2, 0.25) is 0 Å². The van der Waals surface area contributed by atoms with Gasteiger partial charge in [0.05, 0.1) is 16.9 Å². The van der Waals surface area contributed by atoms with E-state index in [1.165, 1.54) is 64.5 Å². The molecule has 0 spiro atoms. The first kappa shape index (κ1) is 21.4. The van der Waals surface area contributed by atoms with Gasteiger partial charge in [-0.05, 0) is 92.6 Å². The molecule has 0 radical (unpaired) electrons. The zero-order valence-corrected chi connectivity index (χ0v) is 20.2. The van der Waals surface area contributed by atoms with E-state index in [0.717, 1.165) is 50.1 Å². The lowest BCUT2D eigenvalue weighted by Gasteiger charge is -2.24. The molecular weight excluding hydrogens is 435 g/mol. The normalized spacial score (nSPS) is 21.6. The van der Waals surface area contributed by atoms with Gasteiger partial charge in [0.1, 0.15) is 5.82 Å². The topological polar surface area (TPSA) is 33.9 Å². The highest BCUT2D eigenvalue weighted by molar-refractivity contribution is 5.98. The highest BCUT2D eigenvalue weighted by Crippen LogP contribution is 2.44. The molecular formula is C30H33FN4. The van der Waals surface area contributed by atoms with E-state index in [9.17, 15) is 4.39 Å². The lowest BCUT2D eigenvalue weighted by atomic mass is 9.95. The van der Waals surface area contributed by atoms with Gasteiger partial charge in [-0.3, -0.25) is 0 Å². The first-order chi connectivity index (χ1) is 17.2. The molecule has 4 aromatic rings. The highest BCUT2D eigenvalue weighted by Gasteiger charge is 2.32. The molecule has 0 amide bonds. The summed E-state index contributed by atoms with van der Waals surface area (Å²) in [5.41, 5.74) is 9.00. The van der Waals surface area contributed by atoms with Crippen LogP contribution in [0.5, 0.6) is 0 Å². The van der Waals surface area contributed by atoms with Crippen LogP contribution in [-0.4, -0.2) is 34.3 Å². The lowest BCUT2D eigenvalue weighted by Crippen LogP contribution is -2.26. The second-order valence-corrected chi connectivity index (χ2v) is 10.6. The maximum Gasteiger partial charge on any atom is 0.125 e. The van der Waals surface area contributed by atoms with Crippen molar-refractivity contribution in [2.45, 2.75) is 63.7 Å². The third-order valence-corrected chi connectivity index (χ3v) is 8.56. The fourth-order valence-electron chi connectivity index (χ4n) is 6.93. The van der Waals surface area contributed by atoms with Crippen molar-refractivity contribution in [3.63, 3.8) is 0 Å². The van der Waals surface area contributed by atoms with E-state index >= 15 is 0 Å². The van der Waals surface area contributed by atoms with E-state index in [-0.39, 0.29) is 5.82 Å². The second kappa shape index (κ2) is 8.35. The third kappa shape index (κ3) is 3.40. The molecule has 5 heterocycles. The van der Waals surface area contributed by atoms with Gasteiger partial charge in [-0.1, -0.05) is 24.8 Å². The molecule has 3 aliphatic heterocycles. The van der Waals surface area contributed by atoms with Gasteiger partial charge in [0.2, 0.25) is 0 Å². The molecule has 2 N–H and O–H groups in total. The fraction of sp³-hybridized carbons (Fsp3) is 0.400. The number of hydrogen-bond donors (Lipinski definition) is 2. The Morgan fingerprint density at radius 2 is 1.40 bits per heavy atom. The summed E-state index contributed by atoms with van der Waals surface area (Å²) in [4.78, 5) is 0. The summed E-state index contributed by atoms with van der Waals surface area (Å²) >= 11 is 0. The van der Waals surface area contributed by atoms with E-state index in [0.29, 0.717) is 12.1 Å². The Bertz CT molecular complexity index is 1450. The summed E-state index contributed by atoms with van der Waals surface area (Å²) in [6.45, 7) is 7.99. The summed E-state index contributed by atoms with van der Waals surface area (Å²) in [5.74, 6) is -0.152. The van der Waals surface area contributed by atoms with Gasteiger partial charge >= 0.3 is 0 Å². The van der Waals surface area contributed by atoms with Gasteiger partial charge in [-0.25, -0.2) is 4.39 Å². The quantitative estimate of drug-likeness (QED) is 0.397. The van der Waals surface area contributed by atoms with Crippen molar-refractivity contribution in [2.75, 3.05) is 13.1 Å². The molecule has 0 aliphatic carbocycles. The van der Waals surface area contributed by atoms with Crippen LogP contribution >= 0.6 is 0 Å². The van der Waals surface area contributed by atoms with Gasteiger partial charge in [-0.2, -0.15) is 0 Å². The minimum atomic E-state index is -0.152. The van der Waals surface area contributed by atoms with E-state index in [4.69, 9.17) is 0 Å². The number of benzene rings is 2. The molecule has 2 atom stereocenters. The van der Waals surface area contributed by atoms with Gasteiger partial charge in [-0.15, -0.1) is 0 Å². The lowest BCUT2D eigenvalue weighted by molar-refractivity contribution is 0.565. The molecule has 180 valence electrons. The maximum absolute atomic E-state index is 14.5. The smallest absolute Gasteiger partial charge is 0.125 e. The van der Waals surface area contributed by atoms with E-state index in [1.807, 2.05) is 12.1 Å². The fourth-order valence-corrected chi connectivity index (χ4v) is 6.93. The van der Waals surface area contributed by atoms with Crippen LogP contribution in [0.1, 0.15) is 42.4 Å². The van der Waals surface area contributed by atoms with E-state index in [1.54, 1.807) is 12.1 Å². The molecule has 0 saturated carbocycles. The Morgan fingerprint density at radius 1 is 0.829 bits per heavy atom. The third-order valence-electron chi connectivity index (χ3n) is 8.56. The molecule has 2 aromatic carbocycles. The number of hydrogen-bond acceptors (Lipinski definition) is 2. The first-order valence-electron chi connectivity index (χ1n) is 13.3. The Labute approximate surface area is 205 Å². The van der Waals surface area contributed by atoms with Crippen molar-refractivity contribution in [2.24, 2.45) is 0 Å². The highest BCUT2D eigenvalue weighted by atomic mass is 19.1. The van der Waals surface area contributed by atoms with Crippen LogP contribution < -0.4 is 10.6 Å². The molecule has 3 aliphatic rings. The monoisotopic (exact) mass is 468 g/mol. The number of nitrogens with one attached hydrogen (secondary N) is 2. The van der Waals surface area contributed by atoms with Crippen LogP contribution in [-0.2, 0) is 25.9 Å². The molecule has 5 heteroatoms. The molecule has 2 aromatic heterocycles. The zero-order chi connectivity index (χ0) is 23.5. The van der Waals surface area contributed by atoms with Gasteiger partial charge in [0, 0.05) is 41.5 Å². The Morgan fingerprint density at radius 3 is 1.94 bits per heavy atom. The molecule has 7 rings (SSSR count). The largest absolute Gasteiger partial charge is 0.337 e. The van der Waals surface area contributed by atoms with Crippen molar-refractivity contribution >= 4 is 27.9 Å². The molecule has 2 saturated heterocycles. The predicted octanol–water partition coefficient (Wildman–Crippen LogP) is 5.65. The first-order valence-corrected chi connectivity index (χ1v) is 13.3. The minimum absolute atomic E-state index is 0.152. The average Bonchev–Trinajstić information content (AvgIpc) is 3.67. The molecule has 2 fully saturated rings. The molecule has 0 bridgehead atoms. The Balaban J connectivity index is 1.51. The van der Waals surface area contributed by atoms with Crippen LogP contribution in [0, 0.1) is 5.82 Å². The predicted molar refractivity (Wildman–Crippen MR) is 142 cm³/mol. The summed E-state index contributed by atoms with van der Waals surface area (Å²) in [5, 5.41) is 10.0. The second-order valence-electron chi connectivity index (χ2n) is 10.6. The SMILES string of the molecule is C=Cc1ccc2c(C[C@@H]3CCCN3)c3n(c2c1)CCn1c-3c(C[C@@H]2CCCN2)c2ccc(F)cc21. The standard InChI is InChI=1S/C30H33FN4/c1-2-19-7-9-23-25(17-21-5-3-11-32-21)29-30-26(18-22-6-4-12-33-22)24-10-8-20(31)16-28(24)35(30)14-13-34(29)27(23)15-19/h2,7-10,15-16,21-22,32-33H,1,3-6,11-14,17-18H2/t21-,22-/m0/s1. The molecule has 4 nitrogen and oxygen atoms in total. The van der Waals surface area contributed by atoms with Gasteiger partial charge in [0.15, 0.2) is 0 Å². The summed E-state index contributed by atoms with van der Waals surface area (Å²) in [6.07, 6.45) is 8.88. The molecule has 0 unspecified atom stereocenters. The van der Waals surface area contributed by atoms with Crippen LogP contribution in [0.15, 0.2) is 43.0 Å². The number of rotatable bonds is 5. The van der Waals surface area contributed by atoms with Crippen molar-refractivity contribution in [3.8, 4) is 11.4 Å². The van der Waals surface area contributed by atoms with Crippen molar-refractivity contribution in [1.82, 2.24) is 19.8 Å². The van der Waals surface area contributed by atoms with Crippen molar-refractivity contribution in [3.05, 3.63) is 65.5 Å². The Hall–Kier alpha value is -2.89. The summed E-state index contributed by atoms with van der Waals surface area (Å²) in [6, 6.07) is 13.2. The van der Waals surface area contributed by atoms with E-state index in [2.05, 4.69) is 44.5 Å². The summed E-state index contributed by atoms with van der Waals surface area (Å²) < 4.78 is 19.4. The summed E-state index contributed by atoms with van der Waals surface area (Å²) in [7, 11) is 0. The number of fused-ring (bicyclic) bond motifs is 7. The zero-order valence-electron chi connectivity index (χ0n) is 20.2. The van der Waals surface area contributed by atoms with E-state index < -0.39 is 0 Å². The van der Waals surface area contributed by atoms with Crippen molar-refractivity contribution < 1.29 is 4.39 Å². The average molecular weight is 469 g/mol. The number of aryl methyl sites for hydroxylation is 2. The van der Waals surface area contributed by atoms with Gasteiger partial charge < -0.3 is 19.8 Å².